The van der Waals surface area contributed by atoms with E-state index in [1.54, 1.807) is 11.2 Å². The van der Waals surface area contributed by atoms with Gasteiger partial charge in [-0.1, -0.05) is 60.7 Å². The number of carbonyl (C=O) groups is 2. The normalized spacial score (nSPS) is 17.1. The number of hydrogen-bond acceptors (Lipinski definition) is 7. The van der Waals surface area contributed by atoms with E-state index in [1.807, 2.05) is 73.1 Å². The molecule has 2 aromatic carbocycles. The first-order valence-electron chi connectivity index (χ1n) is 13.4. The van der Waals surface area contributed by atoms with Crippen molar-refractivity contribution in [2.75, 3.05) is 20.3 Å². The van der Waals surface area contributed by atoms with Crippen molar-refractivity contribution in [3.8, 4) is 0 Å². The number of aromatic nitrogens is 2. The van der Waals surface area contributed by atoms with Gasteiger partial charge in [-0.3, -0.25) is 9.69 Å². The maximum Gasteiger partial charge on any atom is 0.412 e. The molecule has 0 spiro atoms. The van der Waals surface area contributed by atoms with Gasteiger partial charge < -0.3 is 24.1 Å². The van der Waals surface area contributed by atoms with E-state index in [4.69, 9.17) is 14.2 Å². The van der Waals surface area contributed by atoms with E-state index in [1.165, 1.54) is 12.7 Å². The van der Waals surface area contributed by atoms with Crippen LogP contribution in [0.2, 0.25) is 0 Å². The molecule has 0 aliphatic carbocycles. The third-order valence-electron chi connectivity index (χ3n) is 6.93. The first-order chi connectivity index (χ1) is 18.9. The Morgan fingerprint density at radius 1 is 1.10 bits per heavy atom. The Labute approximate surface area is 230 Å². The number of methoxy groups -OCH3 is 1. The van der Waals surface area contributed by atoms with Gasteiger partial charge >= 0.3 is 12.1 Å². The van der Waals surface area contributed by atoms with Crippen molar-refractivity contribution in [1.82, 2.24) is 19.8 Å². The van der Waals surface area contributed by atoms with E-state index < -0.39 is 17.9 Å². The molecule has 2 atom stereocenters. The van der Waals surface area contributed by atoms with Gasteiger partial charge in [-0.05, 0) is 44.4 Å². The number of benzene rings is 2. The topological polar surface area (TPSA) is 94.9 Å². The van der Waals surface area contributed by atoms with E-state index in [-0.39, 0.29) is 18.6 Å². The lowest BCUT2D eigenvalue weighted by Crippen LogP contribution is -2.49. The molecule has 0 bridgehead atoms. The van der Waals surface area contributed by atoms with Crippen LogP contribution >= 0.6 is 0 Å². The van der Waals surface area contributed by atoms with Gasteiger partial charge in [-0.2, -0.15) is 0 Å². The number of hydrogen-bond donors (Lipinski definition) is 1. The molecule has 1 amide bonds. The zero-order valence-corrected chi connectivity index (χ0v) is 22.9. The largest absolute Gasteiger partial charge is 0.468 e. The summed E-state index contributed by atoms with van der Waals surface area (Å²) >= 11 is 0. The van der Waals surface area contributed by atoms with Crippen LogP contribution in [0.4, 0.5) is 4.79 Å². The number of esters is 1. The van der Waals surface area contributed by atoms with Crippen molar-refractivity contribution < 1.29 is 23.8 Å². The Bertz CT molecular complexity index is 1200. The van der Waals surface area contributed by atoms with Gasteiger partial charge in [0.15, 0.2) is 0 Å². The summed E-state index contributed by atoms with van der Waals surface area (Å²) in [5.41, 5.74) is 2.21. The first-order valence-corrected chi connectivity index (χ1v) is 13.4. The molecule has 9 heteroatoms. The number of imidazole rings is 1. The fourth-order valence-electron chi connectivity index (χ4n) is 4.81. The summed E-state index contributed by atoms with van der Waals surface area (Å²) in [5.74, 6) is -0.351. The molecule has 208 valence electrons. The lowest BCUT2D eigenvalue weighted by molar-refractivity contribution is -0.143. The van der Waals surface area contributed by atoms with E-state index in [0.29, 0.717) is 26.0 Å². The smallest absolute Gasteiger partial charge is 0.412 e. The SMILES string of the molecule is COC(=O)C(Cc1cn(CCc2ccccc2)cn1)NCCC1COC(C)(C)N1C(=O)OCc1ccccc1. The summed E-state index contributed by atoms with van der Waals surface area (Å²) in [6, 6.07) is 19.1. The molecule has 3 aromatic rings. The van der Waals surface area contributed by atoms with Crippen LogP contribution in [0.3, 0.4) is 0 Å². The number of nitrogens with one attached hydrogen (secondary N) is 1. The van der Waals surface area contributed by atoms with Gasteiger partial charge in [0.05, 0.1) is 31.8 Å². The van der Waals surface area contributed by atoms with Crippen molar-refractivity contribution in [2.24, 2.45) is 0 Å². The fourth-order valence-corrected chi connectivity index (χ4v) is 4.81. The zero-order valence-electron chi connectivity index (χ0n) is 22.9. The van der Waals surface area contributed by atoms with Crippen LogP contribution in [-0.4, -0.2) is 64.6 Å². The summed E-state index contributed by atoms with van der Waals surface area (Å²) in [7, 11) is 1.38. The van der Waals surface area contributed by atoms with Crippen molar-refractivity contribution in [3.05, 3.63) is 90.0 Å². The number of aryl methyl sites for hydroxylation is 2. The molecule has 9 nitrogen and oxygen atoms in total. The molecular weight excluding hydrogens is 496 g/mol. The molecule has 4 rings (SSSR count). The lowest BCUT2D eigenvalue weighted by Gasteiger charge is -2.33. The maximum atomic E-state index is 13.0. The maximum absolute atomic E-state index is 13.0. The molecule has 1 fully saturated rings. The predicted octanol–water partition coefficient (Wildman–Crippen LogP) is 3.96. The predicted molar refractivity (Wildman–Crippen MR) is 147 cm³/mol. The quantitative estimate of drug-likeness (QED) is 0.352. The molecule has 1 aromatic heterocycles. The molecular formula is C30H38N4O5. The van der Waals surface area contributed by atoms with Crippen molar-refractivity contribution in [1.29, 1.82) is 0 Å². The van der Waals surface area contributed by atoms with Crippen LogP contribution < -0.4 is 5.32 Å². The number of amides is 1. The highest BCUT2D eigenvalue weighted by Gasteiger charge is 2.44. The average Bonchev–Trinajstić information content (AvgIpc) is 3.53. The van der Waals surface area contributed by atoms with Crippen LogP contribution in [-0.2, 0) is 45.0 Å². The molecule has 1 aliphatic heterocycles. The summed E-state index contributed by atoms with van der Waals surface area (Å²) in [6.45, 7) is 5.59. The second-order valence-corrected chi connectivity index (χ2v) is 10.2. The van der Waals surface area contributed by atoms with Gasteiger partial charge in [0.2, 0.25) is 0 Å². The van der Waals surface area contributed by atoms with Crippen molar-refractivity contribution >= 4 is 12.1 Å². The lowest BCUT2D eigenvalue weighted by atomic mass is 10.1. The second kappa shape index (κ2) is 13.4. The summed E-state index contributed by atoms with van der Waals surface area (Å²) < 4.78 is 18.6. The Balaban J connectivity index is 1.29. The highest BCUT2D eigenvalue weighted by Crippen LogP contribution is 2.29. The van der Waals surface area contributed by atoms with Gasteiger partial charge in [0, 0.05) is 19.2 Å². The van der Waals surface area contributed by atoms with Gasteiger partial charge in [0.25, 0.3) is 0 Å². The summed E-state index contributed by atoms with van der Waals surface area (Å²) in [5, 5.41) is 3.30. The Hall–Kier alpha value is -3.69. The third-order valence-corrected chi connectivity index (χ3v) is 6.93. The Morgan fingerprint density at radius 3 is 2.49 bits per heavy atom. The van der Waals surface area contributed by atoms with E-state index >= 15 is 0 Å². The first kappa shape index (κ1) is 28.3. The van der Waals surface area contributed by atoms with Crippen LogP contribution in [0.15, 0.2) is 73.2 Å². The minimum absolute atomic E-state index is 0.189. The second-order valence-electron chi connectivity index (χ2n) is 10.2. The van der Waals surface area contributed by atoms with Gasteiger partial charge in [-0.25, -0.2) is 9.78 Å². The Kier molecular flexibility index (Phi) is 9.73. The van der Waals surface area contributed by atoms with Gasteiger partial charge in [-0.15, -0.1) is 0 Å². The van der Waals surface area contributed by atoms with Crippen molar-refractivity contribution in [3.63, 3.8) is 0 Å². The zero-order chi connectivity index (χ0) is 27.7. The number of ether oxygens (including phenoxy) is 3. The number of nitrogens with zero attached hydrogens (tertiary/aromatic N) is 3. The summed E-state index contributed by atoms with van der Waals surface area (Å²) in [6.07, 6.45) is 5.24. The van der Waals surface area contributed by atoms with Crippen LogP contribution in [0.25, 0.3) is 0 Å². The molecule has 39 heavy (non-hydrogen) atoms. The minimum Gasteiger partial charge on any atom is -0.468 e. The highest BCUT2D eigenvalue weighted by molar-refractivity contribution is 5.76. The molecule has 1 aliphatic rings. The van der Waals surface area contributed by atoms with E-state index in [2.05, 4.69) is 22.4 Å². The fraction of sp³-hybridized carbons (Fsp3) is 0.433. The molecule has 2 heterocycles. The molecule has 1 saturated heterocycles. The third kappa shape index (κ3) is 7.91. The summed E-state index contributed by atoms with van der Waals surface area (Å²) in [4.78, 5) is 31.7. The molecule has 1 N–H and O–H groups in total. The monoisotopic (exact) mass is 534 g/mol. The number of rotatable bonds is 12. The highest BCUT2D eigenvalue weighted by atomic mass is 16.6. The average molecular weight is 535 g/mol. The van der Waals surface area contributed by atoms with Crippen LogP contribution in [0, 0.1) is 0 Å². The Morgan fingerprint density at radius 2 is 1.79 bits per heavy atom. The van der Waals surface area contributed by atoms with Gasteiger partial charge in [0.1, 0.15) is 18.4 Å². The standard InChI is InChI=1S/C30H38N4O5/c1-30(2)34(29(36)38-20-24-12-8-5-9-13-24)26(21-39-30)14-16-31-27(28(35)37-3)18-25-19-33(22-32-25)17-15-23-10-6-4-7-11-23/h4-13,19,22,26-27,31H,14-18,20-21H2,1-3H3. The van der Waals surface area contributed by atoms with E-state index in [9.17, 15) is 9.59 Å². The molecule has 2 unspecified atom stereocenters. The van der Waals surface area contributed by atoms with E-state index in [0.717, 1.165) is 24.2 Å². The van der Waals surface area contributed by atoms with Crippen LogP contribution in [0.5, 0.6) is 0 Å². The number of carbonyl (C=O) groups excluding carboxylic acids is 2. The molecule has 0 saturated carbocycles. The molecule has 0 radical (unpaired) electrons. The minimum atomic E-state index is -0.785. The van der Waals surface area contributed by atoms with Crippen LogP contribution in [0.1, 0.15) is 37.1 Å². The van der Waals surface area contributed by atoms with Crippen molar-refractivity contribution in [2.45, 2.75) is 64.1 Å².